The van der Waals surface area contributed by atoms with E-state index in [1.807, 2.05) is 24.3 Å². The van der Waals surface area contributed by atoms with Crippen molar-refractivity contribution in [1.82, 2.24) is 24.0 Å². The van der Waals surface area contributed by atoms with E-state index in [0.29, 0.717) is 30.6 Å². The first-order chi connectivity index (χ1) is 14.1. The summed E-state index contributed by atoms with van der Waals surface area (Å²) in [4.78, 5) is 36.3. The number of benzene rings is 1. The molecule has 8 heteroatoms. The molecule has 1 aliphatic rings. The van der Waals surface area contributed by atoms with Crippen molar-refractivity contribution in [2.24, 2.45) is 7.05 Å². The van der Waals surface area contributed by atoms with E-state index in [2.05, 4.69) is 9.88 Å². The molecular weight excluding hydrogens is 370 g/mol. The summed E-state index contributed by atoms with van der Waals surface area (Å²) in [6.07, 6.45) is 4.96. The third-order valence-electron chi connectivity index (χ3n) is 5.61. The average Bonchev–Trinajstić information content (AvgIpc) is 3.18. The largest absolute Gasteiger partial charge is 0.383 e. The lowest BCUT2D eigenvalue weighted by atomic mass is 10.1. The van der Waals surface area contributed by atoms with Gasteiger partial charge in [0.2, 0.25) is 0 Å². The van der Waals surface area contributed by atoms with Crippen LogP contribution in [0.25, 0.3) is 10.9 Å². The fraction of sp³-hybridized carbons (Fsp3) is 0.429. The lowest BCUT2D eigenvalue weighted by Gasteiger charge is -2.27. The summed E-state index contributed by atoms with van der Waals surface area (Å²) < 4.78 is 8.60. The van der Waals surface area contributed by atoms with Gasteiger partial charge in [0, 0.05) is 26.9 Å². The Morgan fingerprint density at radius 3 is 2.86 bits per heavy atom. The van der Waals surface area contributed by atoms with E-state index in [4.69, 9.17) is 9.72 Å². The maximum absolute atomic E-state index is 13.2. The summed E-state index contributed by atoms with van der Waals surface area (Å²) >= 11 is 0. The van der Waals surface area contributed by atoms with E-state index < -0.39 is 0 Å². The maximum atomic E-state index is 13.2. The number of nitrogens with zero attached hydrogens (tertiary/aromatic N) is 5. The van der Waals surface area contributed by atoms with E-state index >= 15 is 0 Å². The van der Waals surface area contributed by atoms with Crippen molar-refractivity contribution < 1.29 is 4.74 Å². The number of aromatic nitrogens is 4. The monoisotopic (exact) mass is 395 g/mol. The first-order valence-electron chi connectivity index (χ1n) is 9.82. The summed E-state index contributed by atoms with van der Waals surface area (Å²) in [5.74, 6) is 0.761. The first-order valence-corrected chi connectivity index (χ1v) is 9.82. The summed E-state index contributed by atoms with van der Waals surface area (Å²) in [6.45, 7) is 2.35. The van der Waals surface area contributed by atoms with Gasteiger partial charge in [0.1, 0.15) is 5.82 Å². The fourth-order valence-corrected chi connectivity index (χ4v) is 4.00. The highest BCUT2D eigenvalue weighted by molar-refractivity contribution is 5.77. The Hall–Kier alpha value is -2.84. The second-order valence-corrected chi connectivity index (χ2v) is 7.36. The van der Waals surface area contributed by atoms with Crippen molar-refractivity contribution >= 4 is 10.9 Å². The van der Waals surface area contributed by atoms with Gasteiger partial charge in [0.05, 0.1) is 42.0 Å². The van der Waals surface area contributed by atoms with Crippen LogP contribution in [0.5, 0.6) is 0 Å². The minimum Gasteiger partial charge on any atom is -0.383 e. The topological polar surface area (TPSA) is 82.2 Å². The van der Waals surface area contributed by atoms with Crippen LogP contribution in [-0.2, 0) is 24.9 Å². The number of hydrogen-bond acceptors (Lipinski definition) is 6. The SMILES string of the molecule is COCCn1c(C2CCCN2Cc2cncc(=O)n2C)nc2ccccc2c1=O. The maximum Gasteiger partial charge on any atom is 0.268 e. The molecule has 8 nitrogen and oxygen atoms in total. The Balaban J connectivity index is 1.76. The van der Waals surface area contributed by atoms with Crippen LogP contribution in [0.1, 0.15) is 30.4 Å². The van der Waals surface area contributed by atoms with Crippen LogP contribution >= 0.6 is 0 Å². The second kappa shape index (κ2) is 8.26. The van der Waals surface area contributed by atoms with Gasteiger partial charge >= 0.3 is 0 Å². The minimum atomic E-state index is -0.126. The molecule has 3 aromatic rings. The molecule has 0 bridgehead atoms. The molecule has 1 atom stereocenters. The molecule has 0 amide bonds. The third kappa shape index (κ3) is 3.73. The zero-order valence-electron chi connectivity index (χ0n) is 16.7. The smallest absolute Gasteiger partial charge is 0.268 e. The summed E-state index contributed by atoms with van der Waals surface area (Å²) in [6, 6.07) is 7.45. The van der Waals surface area contributed by atoms with Gasteiger partial charge < -0.3 is 9.30 Å². The third-order valence-corrected chi connectivity index (χ3v) is 5.61. The Labute approximate surface area is 168 Å². The Morgan fingerprint density at radius 2 is 2.03 bits per heavy atom. The molecule has 1 aliphatic heterocycles. The van der Waals surface area contributed by atoms with Gasteiger partial charge in [-0.1, -0.05) is 12.1 Å². The number of hydrogen-bond donors (Lipinski definition) is 0. The molecule has 0 radical (unpaired) electrons. The molecule has 0 N–H and O–H groups in total. The zero-order chi connectivity index (χ0) is 20.4. The summed E-state index contributed by atoms with van der Waals surface area (Å²) in [7, 11) is 3.39. The molecule has 4 rings (SSSR count). The molecule has 1 saturated heterocycles. The zero-order valence-corrected chi connectivity index (χ0v) is 16.7. The van der Waals surface area contributed by atoms with Gasteiger partial charge in [-0.15, -0.1) is 0 Å². The highest BCUT2D eigenvalue weighted by atomic mass is 16.5. The van der Waals surface area contributed by atoms with Crippen LogP contribution < -0.4 is 11.1 Å². The molecule has 2 aromatic heterocycles. The van der Waals surface area contributed by atoms with Crippen molar-refractivity contribution in [3.05, 3.63) is 68.9 Å². The van der Waals surface area contributed by atoms with E-state index in [-0.39, 0.29) is 17.2 Å². The number of fused-ring (bicyclic) bond motifs is 1. The predicted octanol–water partition coefficient (Wildman–Crippen LogP) is 1.47. The van der Waals surface area contributed by atoms with Crippen LogP contribution in [0.15, 0.2) is 46.2 Å². The van der Waals surface area contributed by atoms with Gasteiger partial charge in [-0.05, 0) is 31.5 Å². The van der Waals surface area contributed by atoms with Crippen LogP contribution in [-0.4, -0.2) is 44.3 Å². The first kappa shape index (κ1) is 19.5. The predicted molar refractivity (Wildman–Crippen MR) is 110 cm³/mol. The van der Waals surface area contributed by atoms with Crippen molar-refractivity contribution in [1.29, 1.82) is 0 Å². The molecule has 1 fully saturated rings. The molecule has 1 unspecified atom stereocenters. The number of rotatable bonds is 6. The van der Waals surface area contributed by atoms with Crippen LogP contribution in [0, 0.1) is 0 Å². The normalized spacial score (nSPS) is 17.2. The van der Waals surface area contributed by atoms with Gasteiger partial charge in [0.15, 0.2) is 0 Å². The van der Waals surface area contributed by atoms with E-state index in [9.17, 15) is 9.59 Å². The second-order valence-electron chi connectivity index (χ2n) is 7.36. The lowest BCUT2D eigenvalue weighted by molar-refractivity contribution is 0.178. The molecule has 29 heavy (non-hydrogen) atoms. The van der Waals surface area contributed by atoms with E-state index in [1.165, 1.54) is 6.20 Å². The molecule has 3 heterocycles. The highest BCUT2D eigenvalue weighted by Gasteiger charge is 2.30. The van der Waals surface area contributed by atoms with E-state index in [0.717, 1.165) is 30.9 Å². The molecule has 0 saturated carbocycles. The standard InChI is InChI=1S/C21H25N5O3/c1-24-15(12-22-13-19(24)27)14-25-9-5-8-18(25)20-23-17-7-4-3-6-16(17)21(28)26(20)10-11-29-2/h3-4,6-7,12-13,18H,5,8-11,14H2,1-2H3. The van der Waals surface area contributed by atoms with Gasteiger partial charge in [-0.3, -0.25) is 24.0 Å². The highest BCUT2D eigenvalue weighted by Crippen LogP contribution is 2.32. The molecular formula is C21H25N5O3. The van der Waals surface area contributed by atoms with Crippen molar-refractivity contribution in [2.75, 3.05) is 20.3 Å². The Bertz CT molecular complexity index is 1140. The Morgan fingerprint density at radius 1 is 1.21 bits per heavy atom. The minimum absolute atomic E-state index is 0.000490. The molecule has 0 spiro atoms. The molecule has 0 aliphatic carbocycles. The number of para-hydroxylation sites is 1. The van der Waals surface area contributed by atoms with E-state index in [1.54, 1.807) is 29.5 Å². The number of methoxy groups -OCH3 is 1. The quantitative estimate of drug-likeness (QED) is 0.629. The molecule has 152 valence electrons. The van der Waals surface area contributed by atoms with Gasteiger partial charge in [-0.2, -0.15) is 0 Å². The summed E-state index contributed by atoms with van der Waals surface area (Å²) in [5.41, 5.74) is 1.39. The van der Waals surface area contributed by atoms with Gasteiger partial charge in [-0.25, -0.2) is 4.98 Å². The number of ether oxygens (including phenoxy) is 1. The number of likely N-dealkylation sites (tertiary alicyclic amines) is 1. The van der Waals surface area contributed by atoms with Crippen LogP contribution in [0.3, 0.4) is 0 Å². The van der Waals surface area contributed by atoms with Crippen molar-refractivity contribution in [3.8, 4) is 0 Å². The summed E-state index contributed by atoms with van der Waals surface area (Å²) in [5, 5.41) is 0.617. The Kier molecular flexibility index (Phi) is 5.55. The van der Waals surface area contributed by atoms with Crippen LogP contribution in [0.4, 0.5) is 0 Å². The van der Waals surface area contributed by atoms with Gasteiger partial charge in [0.25, 0.3) is 11.1 Å². The lowest BCUT2D eigenvalue weighted by Crippen LogP contribution is -2.34. The fourth-order valence-electron chi connectivity index (χ4n) is 4.00. The van der Waals surface area contributed by atoms with Crippen molar-refractivity contribution in [3.63, 3.8) is 0 Å². The van der Waals surface area contributed by atoms with Crippen LogP contribution in [0.2, 0.25) is 0 Å². The molecule has 1 aromatic carbocycles. The average molecular weight is 395 g/mol. The van der Waals surface area contributed by atoms with Crippen molar-refractivity contribution in [2.45, 2.75) is 32.0 Å².